The zero-order valence-corrected chi connectivity index (χ0v) is 23.2. The number of hydrogen-bond donors (Lipinski definition) is 5. The molecule has 222 valence electrons. The minimum absolute atomic E-state index is 0.0448. The van der Waals surface area contributed by atoms with Crippen LogP contribution in [0, 0.1) is 0 Å². The molecule has 5 rings (SSSR count). The van der Waals surface area contributed by atoms with Gasteiger partial charge in [0.15, 0.2) is 6.04 Å². The lowest BCUT2D eigenvalue weighted by Gasteiger charge is -2.15. The second kappa shape index (κ2) is 14.7. The number of amides is 1. The number of rotatable bonds is 10. The maximum absolute atomic E-state index is 12.2. The molecule has 0 aromatic heterocycles. The number of aliphatic carboxylic acids is 2. The predicted molar refractivity (Wildman–Crippen MR) is 157 cm³/mol. The summed E-state index contributed by atoms with van der Waals surface area (Å²) in [6.45, 7) is 0.0979. The van der Waals surface area contributed by atoms with Crippen LogP contribution >= 0.6 is 0 Å². The van der Waals surface area contributed by atoms with Gasteiger partial charge in [0, 0.05) is 12.8 Å². The molecule has 5 N–H and O–H groups in total. The number of ether oxygens (including phenoxy) is 1. The number of nitrogens with one attached hydrogen (secondary N) is 1. The Morgan fingerprint density at radius 3 is 1.91 bits per heavy atom. The summed E-state index contributed by atoms with van der Waals surface area (Å²) in [7, 11) is 0. The Labute approximate surface area is 248 Å². The standard InChI is InChI=1S/C24H21NO4.C9H11NO4/c26-23(27)22(13-16-7-2-1-3-8-16)25-24(28)29-15-18-10-6-12-20-19-11-5-4-9-17(19)14-21(18)20;11-9(12)8(10(13)14)6-7-4-2-1-3-5-7/h1-12,22H,13-15H2,(H,25,28)(H,26,27);1-5,8,13-14H,6H2,(H,11,12). The smallest absolute Gasteiger partial charge is 0.408 e. The zero-order valence-electron chi connectivity index (χ0n) is 23.2. The number of hydrogen-bond acceptors (Lipinski definition) is 7. The Balaban J connectivity index is 0.000000255. The van der Waals surface area contributed by atoms with Crippen LogP contribution in [-0.4, -0.2) is 56.0 Å². The molecule has 4 aromatic rings. The Kier molecular flexibility index (Phi) is 10.6. The van der Waals surface area contributed by atoms with Crippen LogP contribution < -0.4 is 5.32 Å². The molecule has 0 heterocycles. The van der Waals surface area contributed by atoms with Gasteiger partial charge in [0.1, 0.15) is 12.6 Å². The average molecular weight is 585 g/mol. The fourth-order valence-corrected chi connectivity index (χ4v) is 4.84. The van der Waals surface area contributed by atoms with Gasteiger partial charge in [-0.1, -0.05) is 108 Å². The van der Waals surface area contributed by atoms with Gasteiger partial charge in [0.05, 0.1) is 0 Å². The van der Waals surface area contributed by atoms with E-state index in [9.17, 15) is 19.5 Å². The second-order valence-electron chi connectivity index (χ2n) is 9.94. The van der Waals surface area contributed by atoms with Crippen LogP contribution in [0.15, 0.2) is 103 Å². The predicted octanol–water partition coefficient (Wildman–Crippen LogP) is 4.94. The summed E-state index contributed by atoms with van der Waals surface area (Å²) in [5.41, 5.74) is 7.28. The highest BCUT2D eigenvalue weighted by molar-refractivity contribution is 5.81. The van der Waals surface area contributed by atoms with Crippen LogP contribution in [0.4, 0.5) is 4.79 Å². The highest BCUT2D eigenvalue weighted by Gasteiger charge is 2.24. The summed E-state index contributed by atoms with van der Waals surface area (Å²) in [4.78, 5) is 34.3. The van der Waals surface area contributed by atoms with Gasteiger partial charge in [-0.3, -0.25) is 15.2 Å². The van der Waals surface area contributed by atoms with Crippen LogP contribution in [0.2, 0.25) is 0 Å². The van der Waals surface area contributed by atoms with E-state index in [4.69, 9.17) is 20.3 Å². The summed E-state index contributed by atoms with van der Waals surface area (Å²) in [6.07, 6.45) is 0.310. The first kappa shape index (κ1) is 30.9. The highest BCUT2D eigenvalue weighted by atomic mass is 16.8. The minimum Gasteiger partial charge on any atom is -0.480 e. The molecule has 0 saturated heterocycles. The summed E-state index contributed by atoms with van der Waals surface area (Å²) in [5, 5.41) is 37.5. The van der Waals surface area contributed by atoms with Crippen LogP contribution in [0.5, 0.6) is 0 Å². The maximum Gasteiger partial charge on any atom is 0.408 e. The molecule has 10 heteroatoms. The summed E-state index contributed by atoms with van der Waals surface area (Å²) >= 11 is 0. The molecule has 2 atom stereocenters. The maximum atomic E-state index is 12.2. The normalized spacial score (nSPS) is 12.6. The summed E-state index contributed by atoms with van der Waals surface area (Å²) in [6, 6.07) is 29.8. The lowest BCUT2D eigenvalue weighted by Crippen LogP contribution is -2.42. The average Bonchev–Trinajstić information content (AvgIpc) is 3.39. The van der Waals surface area contributed by atoms with Crippen molar-refractivity contribution in [2.75, 3.05) is 0 Å². The molecule has 1 amide bonds. The van der Waals surface area contributed by atoms with Crippen molar-refractivity contribution in [1.29, 1.82) is 0 Å². The Bertz CT molecular complexity index is 1540. The highest BCUT2D eigenvalue weighted by Crippen LogP contribution is 2.38. The first-order valence-electron chi connectivity index (χ1n) is 13.6. The Morgan fingerprint density at radius 1 is 0.721 bits per heavy atom. The number of carboxylic acids is 2. The molecule has 2 unspecified atom stereocenters. The number of alkyl carbamates (subject to hydrolysis) is 1. The number of hydroxylamine groups is 2. The van der Waals surface area contributed by atoms with Gasteiger partial charge in [-0.15, -0.1) is 0 Å². The zero-order chi connectivity index (χ0) is 30.8. The van der Waals surface area contributed by atoms with E-state index in [2.05, 4.69) is 23.5 Å². The molecular formula is C33H32N2O8. The first-order chi connectivity index (χ1) is 20.7. The first-order valence-corrected chi connectivity index (χ1v) is 13.6. The third-order valence-electron chi connectivity index (χ3n) is 7.02. The van der Waals surface area contributed by atoms with Crippen molar-refractivity contribution in [3.63, 3.8) is 0 Å². The van der Waals surface area contributed by atoms with Crippen molar-refractivity contribution in [3.05, 3.63) is 131 Å². The molecule has 43 heavy (non-hydrogen) atoms. The third-order valence-corrected chi connectivity index (χ3v) is 7.02. The fraction of sp³-hybridized carbons (Fsp3) is 0.182. The summed E-state index contributed by atoms with van der Waals surface area (Å²) in [5.74, 6) is -2.37. The largest absolute Gasteiger partial charge is 0.480 e. The minimum atomic E-state index is -1.34. The van der Waals surface area contributed by atoms with Crippen molar-refractivity contribution in [2.24, 2.45) is 0 Å². The van der Waals surface area contributed by atoms with Crippen molar-refractivity contribution >= 4 is 18.0 Å². The van der Waals surface area contributed by atoms with Gasteiger partial charge < -0.3 is 20.3 Å². The van der Waals surface area contributed by atoms with Crippen molar-refractivity contribution in [2.45, 2.75) is 38.0 Å². The number of fused-ring (bicyclic) bond motifs is 3. The molecule has 10 nitrogen and oxygen atoms in total. The number of carbonyl (C=O) groups excluding carboxylic acids is 1. The molecule has 0 aliphatic heterocycles. The Morgan fingerprint density at radius 2 is 1.30 bits per heavy atom. The number of carbonyl (C=O) groups is 3. The molecule has 0 bridgehead atoms. The molecule has 0 radical (unpaired) electrons. The molecule has 1 aliphatic carbocycles. The van der Waals surface area contributed by atoms with Gasteiger partial charge >= 0.3 is 18.0 Å². The Hall–Kier alpha value is -5.03. The molecule has 4 aromatic carbocycles. The lowest BCUT2D eigenvalue weighted by atomic mass is 10.0. The third kappa shape index (κ3) is 8.49. The van der Waals surface area contributed by atoms with E-state index in [0.717, 1.165) is 34.2 Å². The van der Waals surface area contributed by atoms with Crippen molar-refractivity contribution in [3.8, 4) is 11.1 Å². The van der Waals surface area contributed by atoms with Crippen LogP contribution in [-0.2, 0) is 40.2 Å². The van der Waals surface area contributed by atoms with E-state index in [1.54, 1.807) is 30.3 Å². The van der Waals surface area contributed by atoms with Gasteiger partial charge in [-0.2, -0.15) is 0 Å². The van der Waals surface area contributed by atoms with Gasteiger partial charge in [-0.05, 0) is 45.4 Å². The second-order valence-corrected chi connectivity index (χ2v) is 9.94. The number of nitrogens with zero attached hydrogens (tertiary/aromatic N) is 1. The van der Waals surface area contributed by atoms with E-state index in [1.165, 1.54) is 11.1 Å². The van der Waals surface area contributed by atoms with Gasteiger partial charge in [0.25, 0.3) is 0 Å². The van der Waals surface area contributed by atoms with Crippen LogP contribution in [0.3, 0.4) is 0 Å². The van der Waals surface area contributed by atoms with E-state index < -0.39 is 30.1 Å². The lowest BCUT2D eigenvalue weighted by molar-refractivity contribution is -0.327. The van der Waals surface area contributed by atoms with E-state index in [0.29, 0.717) is 0 Å². The van der Waals surface area contributed by atoms with Gasteiger partial charge in [-0.25, -0.2) is 9.59 Å². The molecular weight excluding hydrogens is 552 g/mol. The summed E-state index contributed by atoms with van der Waals surface area (Å²) < 4.78 is 5.36. The topological polar surface area (TPSA) is 157 Å². The van der Waals surface area contributed by atoms with E-state index in [1.807, 2.05) is 54.6 Å². The number of benzene rings is 4. The van der Waals surface area contributed by atoms with E-state index >= 15 is 0 Å². The van der Waals surface area contributed by atoms with Crippen LogP contribution in [0.1, 0.15) is 27.8 Å². The molecule has 0 saturated carbocycles. The van der Waals surface area contributed by atoms with Crippen molar-refractivity contribution < 1.29 is 39.7 Å². The quantitative estimate of drug-likeness (QED) is 0.143. The molecule has 1 aliphatic rings. The fourth-order valence-electron chi connectivity index (χ4n) is 4.84. The molecule has 0 fully saturated rings. The monoisotopic (exact) mass is 584 g/mol. The number of carboxylic acid groups (broad SMARTS) is 2. The van der Waals surface area contributed by atoms with E-state index in [-0.39, 0.29) is 24.7 Å². The SMILES string of the molecule is O=C(NC(Cc1ccccc1)C(=O)O)OCc1cccc2c1Cc1ccccc1-2.O=C(O)C(Cc1ccccc1)N(O)O. The van der Waals surface area contributed by atoms with Crippen LogP contribution in [0.25, 0.3) is 11.1 Å². The molecule has 0 spiro atoms. The van der Waals surface area contributed by atoms with Crippen molar-refractivity contribution in [1.82, 2.24) is 10.5 Å². The van der Waals surface area contributed by atoms with Gasteiger partial charge in [0.2, 0.25) is 0 Å².